The number of methoxy groups -OCH3 is 2. The lowest BCUT2D eigenvalue weighted by molar-refractivity contribution is 0.410. The smallest absolute Gasteiger partial charge is 0.145 e. The summed E-state index contributed by atoms with van der Waals surface area (Å²) in [6, 6.07) is 14.2. The van der Waals surface area contributed by atoms with E-state index in [4.69, 9.17) is 15.3 Å². The summed E-state index contributed by atoms with van der Waals surface area (Å²) >= 11 is 0. The average molecular weight is 311 g/mol. The van der Waals surface area contributed by atoms with E-state index in [1.165, 1.54) is 5.56 Å². The highest BCUT2D eigenvalue weighted by Crippen LogP contribution is 2.25. The fraction of sp³-hybridized carbons (Fsp3) is 0.278. The summed E-state index contributed by atoms with van der Waals surface area (Å²) < 4.78 is 10.8. The van der Waals surface area contributed by atoms with E-state index >= 15 is 0 Å². The van der Waals surface area contributed by atoms with Crippen LogP contribution in [0, 0.1) is 0 Å². The first-order valence-corrected chi connectivity index (χ1v) is 7.58. The summed E-state index contributed by atoms with van der Waals surface area (Å²) in [5, 5.41) is 1.68. The molecule has 1 aliphatic heterocycles. The third kappa shape index (κ3) is 3.29. The van der Waals surface area contributed by atoms with Crippen molar-refractivity contribution in [2.75, 3.05) is 27.3 Å². The first kappa shape index (κ1) is 15.4. The van der Waals surface area contributed by atoms with Crippen LogP contribution >= 0.6 is 0 Å². The van der Waals surface area contributed by atoms with Crippen LogP contribution < -0.4 is 15.3 Å². The Labute approximate surface area is 136 Å². The molecule has 0 aromatic heterocycles. The Balaban J connectivity index is 1.84. The third-order valence-corrected chi connectivity index (χ3v) is 3.97. The number of rotatable bonds is 5. The van der Waals surface area contributed by atoms with Crippen molar-refractivity contribution in [3.63, 3.8) is 0 Å². The molecule has 0 saturated heterocycles. The maximum absolute atomic E-state index is 5.94. The highest BCUT2D eigenvalue weighted by Gasteiger charge is 2.17. The maximum Gasteiger partial charge on any atom is 0.145 e. The van der Waals surface area contributed by atoms with Gasteiger partial charge in [-0.15, -0.1) is 0 Å². The Morgan fingerprint density at radius 1 is 1.09 bits per heavy atom. The van der Waals surface area contributed by atoms with E-state index in [0.717, 1.165) is 48.0 Å². The lowest BCUT2D eigenvalue weighted by atomic mass is 10.0. The second kappa shape index (κ2) is 6.71. The molecule has 23 heavy (non-hydrogen) atoms. The fourth-order valence-corrected chi connectivity index (χ4v) is 2.71. The zero-order valence-corrected chi connectivity index (χ0v) is 13.5. The van der Waals surface area contributed by atoms with Gasteiger partial charge in [0.1, 0.15) is 17.3 Å². The van der Waals surface area contributed by atoms with Crippen molar-refractivity contribution in [1.82, 2.24) is 5.01 Å². The second-order valence-corrected chi connectivity index (χ2v) is 5.45. The van der Waals surface area contributed by atoms with Gasteiger partial charge >= 0.3 is 0 Å². The Morgan fingerprint density at radius 3 is 2.48 bits per heavy atom. The standard InChI is InChI=1S/C18H21N3O2/c1-22-16-7-3-13(4-8-16)11-14-5-6-15(12-17(14)23-2)18-20-9-10-21(18)19/h3-8,12H,9-11,19H2,1-2H3. The number of aliphatic imine (C=N–C) groups is 1. The second-order valence-electron chi connectivity index (χ2n) is 5.45. The Hall–Kier alpha value is -2.53. The summed E-state index contributed by atoms with van der Waals surface area (Å²) in [7, 11) is 3.36. The van der Waals surface area contributed by atoms with Gasteiger partial charge in [0.2, 0.25) is 0 Å². The van der Waals surface area contributed by atoms with Crippen molar-refractivity contribution in [2.24, 2.45) is 10.8 Å². The molecule has 0 atom stereocenters. The van der Waals surface area contributed by atoms with E-state index in [2.05, 4.69) is 23.2 Å². The van der Waals surface area contributed by atoms with Crippen molar-refractivity contribution in [3.05, 3.63) is 59.2 Å². The van der Waals surface area contributed by atoms with E-state index in [9.17, 15) is 0 Å². The first-order valence-electron chi connectivity index (χ1n) is 7.58. The lowest BCUT2D eigenvalue weighted by Crippen LogP contribution is -2.34. The van der Waals surface area contributed by atoms with Crippen LogP contribution in [0.25, 0.3) is 0 Å². The van der Waals surface area contributed by atoms with Crippen molar-refractivity contribution >= 4 is 5.84 Å². The zero-order valence-electron chi connectivity index (χ0n) is 13.5. The van der Waals surface area contributed by atoms with Crippen molar-refractivity contribution in [2.45, 2.75) is 6.42 Å². The molecular formula is C18H21N3O2. The number of benzene rings is 2. The molecule has 5 nitrogen and oxygen atoms in total. The van der Waals surface area contributed by atoms with Gasteiger partial charge in [0.05, 0.1) is 27.3 Å². The highest BCUT2D eigenvalue weighted by molar-refractivity contribution is 5.99. The molecule has 0 amide bonds. The average Bonchev–Trinajstić information content (AvgIpc) is 3.02. The summed E-state index contributed by atoms with van der Waals surface area (Å²) in [4.78, 5) is 4.44. The van der Waals surface area contributed by atoms with E-state index in [0.29, 0.717) is 0 Å². The molecule has 0 fully saturated rings. The Morgan fingerprint density at radius 2 is 1.87 bits per heavy atom. The monoisotopic (exact) mass is 311 g/mol. The summed E-state index contributed by atoms with van der Waals surface area (Å²) in [5.41, 5.74) is 3.32. The molecule has 1 aliphatic rings. The third-order valence-electron chi connectivity index (χ3n) is 3.97. The number of amidine groups is 1. The molecule has 2 aromatic carbocycles. The molecule has 5 heteroatoms. The highest BCUT2D eigenvalue weighted by atomic mass is 16.5. The van der Waals surface area contributed by atoms with Crippen LogP contribution in [0.15, 0.2) is 47.5 Å². The van der Waals surface area contributed by atoms with Crippen LogP contribution in [0.4, 0.5) is 0 Å². The van der Waals surface area contributed by atoms with Gasteiger partial charge in [-0.3, -0.25) is 10.0 Å². The largest absolute Gasteiger partial charge is 0.497 e. The van der Waals surface area contributed by atoms with Crippen LogP contribution in [-0.4, -0.2) is 38.2 Å². The minimum Gasteiger partial charge on any atom is -0.497 e. The first-order chi connectivity index (χ1) is 11.2. The van der Waals surface area contributed by atoms with E-state index < -0.39 is 0 Å². The number of nitrogens with two attached hydrogens (primary N) is 1. The van der Waals surface area contributed by atoms with Crippen molar-refractivity contribution in [1.29, 1.82) is 0 Å². The quantitative estimate of drug-likeness (QED) is 0.860. The topological polar surface area (TPSA) is 60.1 Å². The summed E-state index contributed by atoms with van der Waals surface area (Å²) in [5.74, 6) is 8.47. The molecule has 0 bridgehead atoms. The molecule has 2 aromatic rings. The summed E-state index contributed by atoms with van der Waals surface area (Å²) in [6.45, 7) is 1.49. The van der Waals surface area contributed by atoms with Crippen LogP contribution in [0.2, 0.25) is 0 Å². The van der Waals surface area contributed by atoms with E-state index in [1.807, 2.05) is 24.3 Å². The SMILES string of the molecule is COc1ccc(Cc2ccc(C3=NCCN3N)cc2OC)cc1. The predicted molar refractivity (Wildman–Crippen MR) is 91.1 cm³/mol. The van der Waals surface area contributed by atoms with Gasteiger partial charge in [0.25, 0.3) is 0 Å². The van der Waals surface area contributed by atoms with Gasteiger partial charge in [-0.05, 0) is 29.3 Å². The predicted octanol–water partition coefficient (Wildman–Crippen LogP) is 2.23. The van der Waals surface area contributed by atoms with Crippen molar-refractivity contribution in [3.8, 4) is 11.5 Å². The van der Waals surface area contributed by atoms with Gasteiger partial charge < -0.3 is 9.47 Å². The normalized spacial score (nSPS) is 13.9. The number of hydrogen-bond donors (Lipinski definition) is 1. The van der Waals surface area contributed by atoms with Gasteiger partial charge in [0.15, 0.2) is 0 Å². The Kier molecular flexibility index (Phi) is 4.48. The number of hydrazine groups is 1. The minimum atomic E-state index is 0.738. The molecule has 0 spiro atoms. The van der Waals surface area contributed by atoms with Crippen LogP contribution in [0.1, 0.15) is 16.7 Å². The lowest BCUT2D eigenvalue weighted by Gasteiger charge is -2.16. The van der Waals surface area contributed by atoms with Crippen LogP contribution in [0.3, 0.4) is 0 Å². The van der Waals surface area contributed by atoms with E-state index in [-0.39, 0.29) is 0 Å². The van der Waals surface area contributed by atoms with Gasteiger partial charge in [-0.1, -0.05) is 24.3 Å². The Bertz CT molecular complexity index is 711. The molecule has 0 radical (unpaired) electrons. The zero-order chi connectivity index (χ0) is 16.2. The number of hydrogen-bond acceptors (Lipinski definition) is 5. The van der Waals surface area contributed by atoms with Crippen LogP contribution in [-0.2, 0) is 6.42 Å². The van der Waals surface area contributed by atoms with Gasteiger partial charge in [0, 0.05) is 12.0 Å². The van der Waals surface area contributed by atoms with Gasteiger partial charge in [-0.25, -0.2) is 5.84 Å². The molecule has 1 heterocycles. The summed E-state index contributed by atoms with van der Waals surface area (Å²) in [6.07, 6.45) is 0.798. The molecule has 0 saturated carbocycles. The molecular weight excluding hydrogens is 290 g/mol. The van der Waals surface area contributed by atoms with Gasteiger partial charge in [-0.2, -0.15) is 0 Å². The fourth-order valence-electron chi connectivity index (χ4n) is 2.71. The van der Waals surface area contributed by atoms with Crippen molar-refractivity contribution < 1.29 is 9.47 Å². The van der Waals surface area contributed by atoms with Crippen LogP contribution in [0.5, 0.6) is 11.5 Å². The molecule has 120 valence electrons. The number of ether oxygens (including phenoxy) is 2. The maximum atomic E-state index is 5.94. The number of nitrogens with zero attached hydrogens (tertiary/aromatic N) is 2. The molecule has 0 unspecified atom stereocenters. The minimum absolute atomic E-state index is 0.738. The molecule has 0 aliphatic carbocycles. The molecule has 3 rings (SSSR count). The van der Waals surface area contributed by atoms with E-state index in [1.54, 1.807) is 19.2 Å². The molecule has 2 N–H and O–H groups in total.